The van der Waals surface area contributed by atoms with E-state index in [4.69, 9.17) is 5.73 Å². The van der Waals surface area contributed by atoms with Gasteiger partial charge in [0.25, 0.3) is 0 Å². The van der Waals surface area contributed by atoms with Crippen molar-refractivity contribution in [2.75, 3.05) is 11.9 Å². The van der Waals surface area contributed by atoms with Gasteiger partial charge in [-0.1, -0.05) is 0 Å². The summed E-state index contributed by atoms with van der Waals surface area (Å²) in [5.41, 5.74) is 6.66. The first-order chi connectivity index (χ1) is 6.46. The zero-order valence-electron chi connectivity index (χ0n) is 8.76. The van der Waals surface area contributed by atoms with Gasteiger partial charge in [0.05, 0.1) is 4.47 Å². The standard InChI is InChI=1S/C10H16BrN3/c1-7-4-5-13-9(8(7)11)14-10(2,3)6-12/h4-5H,6,12H2,1-3H3,(H,13,14). The first-order valence-electron chi connectivity index (χ1n) is 4.55. The zero-order chi connectivity index (χ0) is 10.8. The van der Waals surface area contributed by atoms with Gasteiger partial charge in [0.2, 0.25) is 0 Å². The Morgan fingerprint density at radius 1 is 1.57 bits per heavy atom. The highest BCUT2D eigenvalue weighted by atomic mass is 79.9. The maximum absolute atomic E-state index is 5.64. The van der Waals surface area contributed by atoms with Gasteiger partial charge in [0.1, 0.15) is 5.82 Å². The lowest BCUT2D eigenvalue weighted by atomic mass is 10.1. The molecule has 1 aromatic heterocycles. The fourth-order valence-corrected chi connectivity index (χ4v) is 1.33. The molecular formula is C10H16BrN3. The number of halogens is 1. The van der Waals surface area contributed by atoms with Gasteiger partial charge < -0.3 is 11.1 Å². The Balaban J connectivity index is 2.92. The molecule has 0 bridgehead atoms. The number of nitrogens with zero attached hydrogens (tertiary/aromatic N) is 1. The van der Waals surface area contributed by atoms with Crippen molar-refractivity contribution < 1.29 is 0 Å². The molecule has 3 N–H and O–H groups in total. The second kappa shape index (κ2) is 4.28. The van der Waals surface area contributed by atoms with Gasteiger partial charge >= 0.3 is 0 Å². The number of nitrogens with one attached hydrogen (secondary N) is 1. The third-order valence-corrected chi connectivity index (χ3v) is 3.05. The summed E-state index contributed by atoms with van der Waals surface area (Å²) >= 11 is 3.50. The van der Waals surface area contributed by atoms with E-state index in [1.807, 2.05) is 26.8 Å². The molecule has 0 unspecified atom stereocenters. The lowest BCUT2D eigenvalue weighted by molar-refractivity contribution is 0.577. The molecule has 0 spiro atoms. The number of aryl methyl sites for hydroxylation is 1. The van der Waals surface area contributed by atoms with E-state index >= 15 is 0 Å². The highest BCUT2D eigenvalue weighted by Gasteiger charge is 2.17. The smallest absolute Gasteiger partial charge is 0.140 e. The molecule has 0 amide bonds. The van der Waals surface area contributed by atoms with Gasteiger partial charge in [0.15, 0.2) is 0 Å². The molecule has 0 aliphatic rings. The Morgan fingerprint density at radius 3 is 2.79 bits per heavy atom. The summed E-state index contributed by atoms with van der Waals surface area (Å²) in [5.74, 6) is 0.848. The molecule has 78 valence electrons. The summed E-state index contributed by atoms with van der Waals surface area (Å²) in [7, 11) is 0. The molecule has 3 nitrogen and oxygen atoms in total. The number of anilines is 1. The van der Waals surface area contributed by atoms with E-state index in [2.05, 4.69) is 26.2 Å². The second-order valence-corrected chi connectivity index (χ2v) is 4.80. The fourth-order valence-electron chi connectivity index (χ4n) is 0.999. The number of hydrogen-bond acceptors (Lipinski definition) is 3. The second-order valence-electron chi connectivity index (χ2n) is 4.00. The maximum Gasteiger partial charge on any atom is 0.140 e. The van der Waals surface area contributed by atoms with Crippen LogP contribution >= 0.6 is 15.9 Å². The van der Waals surface area contributed by atoms with Crippen molar-refractivity contribution >= 4 is 21.7 Å². The van der Waals surface area contributed by atoms with Crippen LogP contribution in [0.5, 0.6) is 0 Å². The lowest BCUT2D eigenvalue weighted by Gasteiger charge is -2.25. The van der Waals surface area contributed by atoms with Crippen LogP contribution in [0.2, 0.25) is 0 Å². The van der Waals surface area contributed by atoms with Crippen LogP contribution in [-0.2, 0) is 0 Å². The van der Waals surface area contributed by atoms with E-state index in [0.717, 1.165) is 15.9 Å². The first-order valence-corrected chi connectivity index (χ1v) is 5.35. The van der Waals surface area contributed by atoms with Gasteiger partial charge in [0, 0.05) is 18.3 Å². The molecule has 14 heavy (non-hydrogen) atoms. The minimum atomic E-state index is -0.136. The predicted octanol–water partition coefficient (Wildman–Crippen LogP) is 2.30. The molecule has 0 radical (unpaired) electrons. The monoisotopic (exact) mass is 257 g/mol. The molecule has 0 saturated heterocycles. The number of hydrogen-bond donors (Lipinski definition) is 2. The van der Waals surface area contributed by atoms with Crippen LogP contribution in [0, 0.1) is 6.92 Å². The van der Waals surface area contributed by atoms with E-state index in [1.54, 1.807) is 6.20 Å². The van der Waals surface area contributed by atoms with Crippen molar-refractivity contribution in [3.63, 3.8) is 0 Å². The number of rotatable bonds is 3. The summed E-state index contributed by atoms with van der Waals surface area (Å²) in [6.07, 6.45) is 1.79. The minimum absolute atomic E-state index is 0.136. The normalized spacial score (nSPS) is 11.5. The summed E-state index contributed by atoms with van der Waals surface area (Å²) < 4.78 is 1.00. The Morgan fingerprint density at radius 2 is 2.21 bits per heavy atom. The Hall–Kier alpha value is -0.610. The summed E-state index contributed by atoms with van der Waals surface area (Å²) in [6, 6.07) is 1.96. The number of pyridine rings is 1. The van der Waals surface area contributed by atoms with Crippen LogP contribution in [0.15, 0.2) is 16.7 Å². The molecule has 0 aliphatic carbocycles. The highest BCUT2D eigenvalue weighted by molar-refractivity contribution is 9.10. The average molecular weight is 258 g/mol. The first kappa shape index (κ1) is 11.5. The van der Waals surface area contributed by atoms with Crippen molar-refractivity contribution in [3.8, 4) is 0 Å². The molecular weight excluding hydrogens is 242 g/mol. The Kier molecular flexibility index (Phi) is 3.50. The van der Waals surface area contributed by atoms with Gasteiger partial charge in [-0.05, 0) is 48.3 Å². The van der Waals surface area contributed by atoms with Crippen molar-refractivity contribution in [1.82, 2.24) is 4.98 Å². The van der Waals surface area contributed by atoms with Crippen molar-refractivity contribution in [2.45, 2.75) is 26.3 Å². The molecule has 0 aliphatic heterocycles. The van der Waals surface area contributed by atoms with E-state index in [0.29, 0.717) is 6.54 Å². The van der Waals surface area contributed by atoms with Gasteiger partial charge in [-0.3, -0.25) is 0 Å². The van der Waals surface area contributed by atoms with Crippen LogP contribution in [0.1, 0.15) is 19.4 Å². The molecule has 1 aromatic rings. The topological polar surface area (TPSA) is 50.9 Å². The van der Waals surface area contributed by atoms with E-state index < -0.39 is 0 Å². The van der Waals surface area contributed by atoms with Crippen LogP contribution in [-0.4, -0.2) is 17.1 Å². The number of aromatic nitrogens is 1. The van der Waals surface area contributed by atoms with Crippen molar-refractivity contribution in [2.24, 2.45) is 5.73 Å². The third kappa shape index (κ3) is 2.69. The molecule has 1 heterocycles. The molecule has 1 rings (SSSR count). The van der Waals surface area contributed by atoms with E-state index in [9.17, 15) is 0 Å². The summed E-state index contributed by atoms with van der Waals surface area (Å²) in [4.78, 5) is 4.26. The minimum Gasteiger partial charge on any atom is -0.363 e. The number of nitrogens with two attached hydrogens (primary N) is 1. The van der Waals surface area contributed by atoms with Crippen LogP contribution in [0.4, 0.5) is 5.82 Å². The summed E-state index contributed by atoms with van der Waals surface area (Å²) in [6.45, 7) is 6.69. The molecule has 0 fully saturated rings. The lowest BCUT2D eigenvalue weighted by Crippen LogP contribution is -2.39. The van der Waals surface area contributed by atoms with Crippen LogP contribution in [0.3, 0.4) is 0 Å². The quantitative estimate of drug-likeness (QED) is 0.874. The largest absolute Gasteiger partial charge is 0.363 e. The Bertz CT molecular complexity index is 323. The van der Waals surface area contributed by atoms with Crippen molar-refractivity contribution in [3.05, 3.63) is 22.3 Å². The van der Waals surface area contributed by atoms with E-state index in [1.165, 1.54) is 0 Å². The summed E-state index contributed by atoms with van der Waals surface area (Å²) in [5, 5.41) is 3.29. The van der Waals surface area contributed by atoms with Crippen molar-refractivity contribution in [1.29, 1.82) is 0 Å². The predicted molar refractivity (Wildman–Crippen MR) is 63.4 cm³/mol. The molecule has 4 heteroatoms. The molecule has 0 atom stereocenters. The SMILES string of the molecule is Cc1ccnc(NC(C)(C)CN)c1Br. The van der Waals surface area contributed by atoms with Crippen LogP contribution < -0.4 is 11.1 Å². The maximum atomic E-state index is 5.64. The van der Waals surface area contributed by atoms with Gasteiger partial charge in [-0.25, -0.2) is 4.98 Å². The van der Waals surface area contributed by atoms with Gasteiger partial charge in [-0.15, -0.1) is 0 Å². The fraction of sp³-hybridized carbons (Fsp3) is 0.500. The third-order valence-electron chi connectivity index (χ3n) is 2.05. The average Bonchev–Trinajstić information content (AvgIpc) is 2.13. The Labute approximate surface area is 93.2 Å². The highest BCUT2D eigenvalue weighted by Crippen LogP contribution is 2.25. The van der Waals surface area contributed by atoms with Crippen LogP contribution in [0.25, 0.3) is 0 Å². The zero-order valence-corrected chi connectivity index (χ0v) is 10.4. The van der Waals surface area contributed by atoms with E-state index in [-0.39, 0.29) is 5.54 Å². The molecule has 0 aromatic carbocycles. The van der Waals surface area contributed by atoms with Gasteiger partial charge in [-0.2, -0.15) is 0 Å². The molecule has 0 saturated carbocycles.